The molecule has 0 radical (unpaired) electrons. The van der Waals surface area contributed by atoms with Crippen LogP contribution in [-0.4, -0.2) is 58.4 Å². The van der Waals surface area contributed by atoms with Crippen molar-refractivity contribution in [3.8, 4) is 5.75 Å². The summed E-state index contributed by atoms with van der Waals surface area (Å²) in [6, 6.07) is 9.14. The number of alkyl halides is 2. The van der Waals surface area contributed by atoms with Crippen LogP contribution in [0.15, 0.2) is 108 Å². The van der Waals surface area contributed by atoms with Crippen LogP contribution in [0.2, 0.25) is 0 Å². The van der Waals surface area contributed by atoms with Crippen LogP contribution in [0.1, 0.15) is 64.5 Å². The Morgan fingerprint density at radius 1 is 1.00 bits per heavy atom. The first kappa shape index (κ1) is 42.2. The second-order valence-electron chi connectivity index (χ2n) is 11.7. The van der Waals surface area contributed by atoms with Gasteiger partial charge >= 0.3 is 19.4 Å². The molecule has 52 heavy (non-hydrogen) atoms. The number of nitrogen functional groups attached to an aromatic ring is 1. The van der Waals surface area contributed by atoms with Gasteiger partial charge in [0.25, 0.3) is 0 Å². The van der Waals surface area contributed by atoms with Gasteiger partial charge in [-0.05, 0) is 63.1 Å². The molecule has 4 atom stereocenters. The molecule has 3 rings (SSSR count). The molecular weight excluding hydrogens is 695 g/mol. The van der Waals surface area contributed by atoms with E-state index in [-0.39, 0.29) is 30.6 Å². The zero-order chi connectivity index (χ0) is 37.7. The number of aliphatic hydroxyl groups excluding tert-OH is 1. The largest absolute Gasteiger partial charge is 0.458 e. The molecule has 12 nitrogen and oxygen atoms in total. The van der Waals surface area contributed by atoms with Gasteiger partial charge in [-0.1, -0.05) is 85.9 Å². The third-order valence-electron chi connectivity index (χ3n) is 7.55. The van der Waals surface area contributed by atoms with Crippen molar-refractivity contribution >= 4 is 19.5 Å². The molecule has 4 unspecified atom stereocenters. The van der Waals surface area contributed by atoms with Crippen LogP contribution in [0.3, 0.4) is 0 Å². The lowest BCUT2D eigenvalue weighted by Crippen LogP contribution is -2.42. The molecule has 1 amide bonds. The van der Waals surface area contributed by atoms with E-state index in [9.17, 15) is 28.0 Å². The highest BCUT2D eigenvalue weighted by molar-refractivity contribution is 7.52. The van der Waals surface area contributed by atoms with Crippen molar-refractivity contribution in [3.05, 3.63) is 114 Å². The first-order chi connectivity index (χ1) is 25.1. The first-order valence-corrected chi connectivity index (χ1v) is 18.9. The normalized spacial score (nSPS) is 20.1. The fourth-order valence-corrected chi connectivity index (χ4v) is 6.18. The van der Waals surface area contributed by atoms with Crippen LogP contribution < -0.4 is 26.4 Å². The lowest BCUT2D eigenvalue weighted by molar-refractivity contribution is -0.140. The van der Waals surface area contributed by atoms with Gasteiger partial charge in [0.2, 0.25) is 12.1 Å². The average Bonchev–Trinajstić information content (AvgIpc) is 3.34. The Kier molecular flexibility index (Phi) is 18.4. The molecular formula is C37H50F2N5O7P. The molecule has 1 aliphatic rings. The van der Waals surface area contributed by atoms with E-state index in [2.05, 4.69) is 77.0 Å². The number of amides is 1. The maximum Gasteiger partial charge on any atom is 0.458 e. The Hall–Kier alpha value is -4.20. The number of halogens is 2. The maximum atomic E-state index is 15.0. The van der Waals surface area contributed by atoms with Crippen molar-refractivity contribution in [1.29, 1.82) is 0 Å². The molecule has 284 valence electrons. The van der Waals surface area contributed by atoms with E-state index >= 15 is 0 Å². The topological polar surface area (TPSA) is 167 Å². The second kappa shape index (κ2) is 22.7. The van der Waals surface area contributed by atoms with Gasteiger partial charge in [0.15, 0.2) is 6.10 Å². The first-order valence-electron chi connectivity index (χ1n) is 17.4. The Balaban J connectivity index is 1.38. The molecule has 2 heterocycles. The Morgan fingerprint density at radius 3 is 2.23 bits per heavy atom. The lowest BCUT2D eigenvalue weighted by atomic mass is 10.1. The monoisotopic (exact) mass is 745 g/mol. The summed E-state index contributed by atoms with van der Waals surface area (Å²) in [7, 11) is -4.24. The average molecular weight is 746 g/mol. The minimum absolute atomic E-state index is 0.0516. The number of benzene rings is 1. The molecule has 0 bridgehead atoms. The minimum atomic E-state index is -4.24. The smallest absolute Gasteiger partial charge is 0.413 e. The van der Waals surface area contributed by atoms with Gasteiger partial charge in [0.1, 0.15) is 17.7 Å². The molecule has 0 saturated carbocycles. The molecule has 1 saturated heterocycles. The van der Waals surface area contributed by atoms with Gasteiger partial charge < -0.3 is 25.4 Å². The number of aliphatic hydroxyl groups is 1. The van der Waals surface area contributed by atoms with Crippen LogP contribution >= 0.6 is 7.75 Å². The number of aromatic nitrogens is 2. The van der Waals surface area contributed by atoms with E-state index in [0.29, 0.717) is 17.4 Å². The van der Waals surface area contributed by atoms with Crippen LogP contribution in [0.25, 0.3) is 0 Å². The summed E-state index contributed by atoms with van der Waals surface area (Å²) < 4.78 is 60.4. The van der Waals surface area contributed by atoms with E-state index in [4.69, 9.17) is 19.5 Å². The summed E-state index contributed by atoms with van der Waals surface area (Å²) >= 11 is 0. The molecule has 1 aromatic heterocycles. The summed E-state index contributed by atoms with van der Waals surface area (Å²) in [5.41, 5.74) is 4.34. The summed E-state index contributed by atoms with van der Waals surface area (Å²) in [4.78, 5) is 27.9. The van der Waals surface area contributed by atoms with Crippen LogP contribution in [-0.2, 0) is 18.6 Å². The molecule has 1 aromatic carbocycles. The van der Waals surface area contributed by atoms with Crippen LogP contribution in [0.4, 0.5) is 14.6 Å². The van der Waals surface area contributed by atoms with Crippen molar-refractivity contribution in [2.24, 2.45) is 0 Å². The van der Waals surface area contributed by atoms with Gasteiger partial charge in [0.05, 0.1) is 6.61 Å². The number of carbonyl (C=O) groups excluding carboxylic acids is 1. The second-order valence-corrected chi connectivity index (χ2v) is 13.5. The highest BCUT2D eigenvalue weighted by Crippen LogP contribution is 2.47. The summed E-state index contributed by atoms with van der Waals surface area (Å²) in [6.07, 6.45) is 22.3. The van der Waals surface area contributed by atoms with E-state index in [1.54, 1.807) is 18.2 Å². The number of hydrogen-bond acceptors (Lipinski definition) is 9. The standard InChI is InChI=1S/C37H50F2N5O7P/c1-2-3-4-5-6-7-8-9-10-11-12-13-14-15-16-17-21-24-33(45)41-26-27-42-52(48,51-30-22-19-18-20-23-30)49-29-31-34(46)37(38,39)35(50-31)44-28-25-32(40)43-36(44)47/h3-4,6-7,9-10,12-13,15-16,18-20,22-23,25,28,31,34-35,46H,2,5,8,11,14,17,21,24,26-27,29H2,1H3,(H,41,45)(H,42,48)(H2,40,43,47). The number of ether oxygens (including phenoxy) is 1. The number of rotatable bonds is 23. The van der Waals surface area contributed by atoms with Crippen LogP contribution in [0.5, 0.6) is 5.75 Å². The molecule has 0 aliphatic carbocycles. The summed E-state index contributed by atoms with van der Waals surface area (Å²) in [6.45, 7) is 1.35. The van der Waals surface area contributed by atoms with E-state index in [0.717, 1.165) is 50.8 Å². The molecule has 1 aliphatic heterocycles. The fraction of sp³-hybridized carbons (Fsp3) is 0.432. The van der Waals surface area contributed by atoms with Gasteiger partial charge in [-0.25, -0.2) is 14.4 Å². The number of nitrogens with one attached hydrogen (secondary N) is 2. The number of para-hydroxylation sites is 1. The number of unbranched alkanes of at least 4 members (excludes halogenated alkanes) is 1. The third kappa shape index (κ3) is 14.8. The van der Waals surface area contributed by atoms with Crippen molar-refractivity contribution in [1.82, 2.24) is 20.0 Å². The summed E-state index contributed by atoms with van der Waals surface area (Å²) in [5.74, 6) is -4.14. The van der Waals surface area contributed by atoms with Crippen molar-refractivity contribution in [2.45, 2.75) is 82.6 Å². The molecule has 15 heteroatoms. The number of carbonyl (C=O) groups is 1. The zero-order valence-electron chi connectivity index (χ0n) is 29.4. The van der Waals surface area contributed by atoms with E-state index in [1.165, 1.54) is 12.1 Å². The quantitative estimate of drug-likeness (QED) is 0.0557. The van der Waals surface area contributed by atoms with Gasteiger partial charge in [0, 0.05) is 25.7 Å². The summed E-state index contributed by atoms with van der Waals surface area (Å²) in [5, 5.41) is 15.7. The number of anilines is 1. The van der Waals surface area contributed by atoms with Crippen molar-refractivity contribution in [2.75, 3.05) is 25.4 Å². The number of allylic oxidation sites excluding steroid dienone is 10. The van der Waals surface area contributed by atoms with Gasteiger partial charge in [-0.2, -0.15) is 13.8 Å². The molecule has 0 spiro atoms. The highest BCUT2D eigenvalue weighted by Gasteiger charge is 2.60. The van der Waals surface area contributed by atoms with Gasteiger partial charge in [-0.3, -0.25) is 13.9 Å². The van der Waals surface area contributed by atoms with Crippen LogP contribution in [0, 0.1) is 0 Å². The van der Waals surface area contributed by atoms with Crippen molar-refractivity contribution < 1.29 is 37.0 Å². The molecule has 2 aromatic rings. The minimum Gasteiger partial charge on any atom is -0.413 e. The lowest BCUT2D eigenvalue weighted by Gasteiger charge is -2.22. The fourth-order valence-electron chi connectivity index (χ4n) is 4.84. The predicted molar refractivity (Wildman–Crippen MR) is 198 cm³/mol. The maximum absolute atomic E-state index is 15.0. The molecule has 5 N–H and O–H groups in total. The Bertz CT molecular complexity index is 1630. The number of nitrogens with two attached hydrogens (primary N) is 1. The van der Waals surface area contributed by atoms with Gasteiger partial charge in [-0.15, -0.1) is 0 Å². The Morgan fingerprint density at radius 2 is 1.62 bits per heavy atom. The van der Waals surface area contributed by atoms with E-state index in [1.807, 2.05) is 6.08 Å². The van der Waals surface area contributed by atoms with E-state index < -0.39 is 44.4 Å². The highest BCUT2D eigenvalue weighted by atomic mass is 31.2. The number of hydrogen-bond donors (Lipinski definition) is 4. The SMILES string of the molecule is CCC=CCC=CCC=CCC=CCC=CCCCC(=O)NCCNP(=O)(OCC1OC(n2ccc(N)nc2=O)C(F)(F)C1O)Oc1ccccc1. The predicted octanol–water partition coefficient (Wildman–Crippen LogP) is 6.55. The van der Waals surface area contributed by atoms with Crippen molar-refractivity contribution in [3.63, 3.8) is 0 Å². The zero-order valence-corrected chi connectivity index (χ0v) is 30.3. The number of nitrogens with zero attached hydrogens (tertiary/aromatic N) is 2. The molecule has 1 fully saturated rings. The Labute approximate surface area is 303 Å². The third-order valence-corrected chi connectivity index (χ3v) is 9.10.